The van der Waals surface area contributed by atoms with E-state index in [0.29, 0.717) is 5.88 Å². The first-order valence-corrected chi connectivity index (χ1v) is 4.79. The molecule has 0 aliphatic rings. The van der Waals surface area contributed by atoms with Gasteiger partial charge in [0.1, 0.15) is 0 Å². The summed E-state index contributed by atoms with van der Waals surface area (Å²) in [6.07, 6.45) is 1.89. The lowest BCUT2D eigenvalue weighted by Crippen LogP contribution is -2.23. The van der Waals surface area contributed by atoms with Crippen LogP contribution in [0.5, 0.6) is 0 Å². The fourth-order valence-electron chi connectivity index (χ4n) is 0.493. The van der Waals surface area contributed by atoms with E-state index in [4.69, 9.17) is 34.8 Å². The summed E-state index contributed by atoms with van der Waals surface area (Å²) in [6, 6.07) is 0. The number of hydrogen-bond donors (Lipinski definition) is 0. The summed E-state index contributed by atoms with van der Waals surface area (Å²) in [5.74, 6) is 0.510. The fourth-order valence-corrected chi connectivity index (χ4v) is 0.860. The van der Waals surface area contributed by atoms with Crippen molar-refractivity contribution in [2.24, 2.45) is 0 Å². The minimum atomic E-state index is -0.408. The zero-order chi connectivity index (χ0) is 9.07. The highest BCUT2D eigenvalue weighted by molar-refractivity contribution is 6.33. The second-order valence-electron chi connectivity index (χ2n) is 3.11. The smallest absolute Gasteiger partial charge is 0.0705 e. The van der Waals surface area contributed by atoms with E-state index in [1.54, 1.807) is 0 Å². The van der Waals surface area contributed by atoms with Crippen LogP contribution in [0.3, 0.4) is 0 Å². The van der Waals surface area contributed by atoms with Crippen LogP contribution in [-0.2, 0) is 0 Å². The molecule has 0 aliphatic heterocycles. The summed E-state index contributed by atoms with van der Waals surface area (Å²) in [7, 11) is 0. The minimum absolute atomic E-state index is 0.164. The molecule has 0 bridgehead atoms. The maximum Gasteiger partial charge on any atom is 0.0705 e. The van der Waals surface area contributed by atoms with Crippen LogP contribution < -0.4 is 0 Å². The average Bonchev–Trinajstić information content (AvgIpc) is 1.85. The van der Waals surface area contributed by atoms with E-state index in [1.165, 1.54) is 0 Å². The number of halogens is 3. The van der Waals surface area contributed by atoms with E-state index in [0.717, 1.165) is 5.57 Å². The molecule has 11 heavy (non-hydrogen) atoms. The predicted molar refractivity (Wildman–Crippen MR) is 54.1 cm³/mol. The molecule has 0 aliphatic carbocycles. The molecule has 0 saturated heterocycles. The van der Waals surface area contributed by atoms with Crippen LogP contribution in [0.2, 0.25) is 0 Å². The van der Waals surface area contributed by atoms with Crippen molar-refractivity contribution in [2.75, 3.05) is 5.88 Å². The molecule has 3 heteroatoms. The lowest BCUT2D eigenvalue weighted by molar-refractivity contribution is 0.716. The molecule has 0 aromatic rings. The van der Waals surface area contributed by atoms with Crippen LogP contribution in [0, 0.1) is 0 Å². The Morgan fingerprint density at radius 3 is 2.27 bits per heavy atom. The number of hydrogen-bond acceptors (Lipinski definition) is 0. The Labute approximate surface area is 83.5 Å². The standard InChI is InChI=1S/C8H13Cl3/c1-6(5-9)4-7(10)8(2,3)11/h4,7H,5H2,1-3H3/b6-4+. The predicted octanol–water partition coefficient (Wildman–Crippen LogP) is 3.80. The minimum Gasteiger partial charge on any atom is -0.122 e. The topological polar surface area (TPSA) is 0 Å². The van der Waals surface area contributed by atoms with Crippen molar-refractivity contribution in [1.82, 2.24) is 0 Å². The van der Waals surface area contributed by atoms with Gasteiger partial charge in [-0.15, -0.1) is 34.8 Å². The number of allylic oxidation sites excluding steroid dienone is 2. The number of alkyl halides is 3. The highest BCUT2D eigenvalue weighted by Gasteiger charge is 2.22. The Hall–Kier alpha value is 0.610. The molecule has 0 rings (SSSR count). The van der Waals surface area contributed by atoms with E-state index < -0.39 is 4.87 Å². The van der Waals surface area contributed by atoms with E-state index in [1.807, 2.05) is 26.8 Å². The third-order valence-electron chi connectivity index (χ3n) is 1.30. The summed E-state index contributed by atoms with van der Waals surface area (Å²) >= 11 is 17.5. The van der Waals surface area contributed by atoms with Crippen molar-refractivity contribution < 1.29 is 0 Å². The van der Waals surface area contributed by atoms with Gasteiger partial charge in [-0.3, -0.25) is 0 Å². The van der Waals surface area contributed by atoms with Gasteiger partial charge in [-0.05, 0) is 20.8 Å². The fraction of sp³-hybridized carbons (Fsp3) is 0.750. The second-order valence-corrected chi connectivity index (χ2v) is 4.82. The Kier molecular flexibility index (Phi) is 4.85. The van der Waals surface area contributed by atoms with Crippen molar-refractivity contribution >= 4 is 34.8 Å². The Morgan fingerprint density at radius 1 is 1.55 bits per heavy atom. The Morgan fingerprint density at radius 2 is 2.00 bits per heavy atom. The third-order valence-corrected chi connectivity index (χ3v) is 2.74. The molecule has 0 amide bonds. The summed E-state index contributed by atoms with van der Waals surface area (Å²) < 4.78 is 0. The molecular weight excluding hydrogens is 202 g/mol. The van der Waals surface area contributed by atoms with Gasteiger partial charge in [0.05, 0.1) is 10.3 Å². The molecule has 0 spiro atoms. The van der Waals surface area contributed by atoms with Gasteiger partial charge in [-0.25, -0.2) is 0 Å². The van der Waals surface area contributed by atoms with E-state index >= 15 is 0 Å². The van der Waals surface area contributed by atoms with E-state index in [-0.39, 0.29) is 5.38 Å². The highest BCUT2D eigenvalue weighted by Crippen LogP contribution is 2.25. The summed E-state index contributed by atoms with van der Waals surface area (Å²) in [4.78, 5) is -0.408. The second kappa shape index (κ2) is 4.59. The third kappa shape index (κ3) is 4.95. The lowest BCUT2D eigenvalue weighted by atomic mass is 10.1. The molecule has 0 aromatic carbocycles. The first-order chi connectivity index (χ1) is 4.88. The lowest BCUT2D eigenvalue weighted by Gasteiger charge is -2.19. The molecule has 1 unspecified atom stereocenters. The van der Waals surface area contributed by atoms with Gasteiger partial charge >= 0.3 is 0 Å². The van der Waals surface area contributed by atoms with Crippen molar-refractivity contribution in [3.8, 4) is 0 Å². The summed E-state index contributed by atoms with van der Waals surface area (Å²) in [5.41, 5.74) is 1.06. The van der Waals surface area contributed by atoms with Crippen molar-refractivity contribution in [1.29, 1.82) is 0 Å². The Bertz CT molecular complexity index is 144. The number of rotatable bonds is 3. The average molecular weight is 216 g/mol. The molecular formula is C8H13Cl3. The van der Waals surface area contributed by atoms with Crippen molar-refractivity contribution in [2.45, 2.75) is 31.0 Å². The van der Waals surface area contributed by atoms with Gasteiger partial charge in [0.2, 0.25) is 0 Å². The van der Waals surface area contributed by atoms with Crippen LogP contribution in [0.4, 0.5) is 0 Å². The van der Waals surface area contributed by atoms with Crippen LogP contribution in [0.1, 0.15) is 20.8 Å². The molecule has 0 fully saturated rings. The zero-order valence-electron chi connectivity index (χ0n) is 7.00. The van der Waals surface area contributed by atoms with Gasteiger partial charge in [-0.2, -0.15) is 0 Å². The molecule has 66 valence electrons. The van der Waals surface area contributed by atoms with E-state index in [9.17, 15) is 0 Å². The molecule has 0 N–H and O–H groups in total. The largest absolute Gasteiger partial charge is 0.122 e. The van der Waals surface area contributed by atoms with Gasteiger partial charge in [-0.1, -0.05) is 11.6 Å². The SMILES string of the molecule is C/C(=C\C(Cl)C(C)(C)Cl)CCl. The first kappa shape index (κ1) is 11.6. The summed E-state index contributed by atoms with van der Waals surface area (Å²) in [6.45, 7) is 5.69. The molecule has 0 nitrogen and oxygen atoms in total. The first-order valence-electron chi connectivity index (χ1n) is 3.44. The van der Waals surface area contributed by atoms with E-state index in [2.05, 4.69) is 0 Å². The zero-order valence-corrected chi connectivity index (χ0v) is 9.26. The normalized spacial score (nSPS) is 16.7. The molecule has 1 atom stereocenters. The van der Waals surface area contributed by atoms with Gasteiger partial charge in [0, 0.05) is 5.88 Å². The maximum atomic E-state index is 5.97. The monoisotopic (exact) mass is 214 g/mol. The molecule has 0 saturated carbocycles. The maximum absolute atomic E-state index is 5.97. The Balaban J connectivity index is 4.17. The van der Waals surface area contributed by atoms with Crippen molar-refractivity contribution in [3.05, 3.63) is 11.6 Å². The molecule has 0 aromatic heterocycles. The molecule has 0 radical (unpaired) electrons. The quantitative estimate of drug-likeness (QED) is 0.496. The van der Waals surface area contributed by atoms with Crippen LogP contribution in [0.15, 0.2) is 11.6 Å². The van der Waals surface area contributed by atoms with Gasteiger partial charge in [0.25, 0.3) is 0 Å². The van der Waals surface area contributed by atoms with Crippen LogP contribution >= 0.6 is 34.8 Å². The van der Waals surface area contributed by atoms with Gasteiger partial charge < -0.3 is 0 Å². The van der Waals surface area contributed by atoms with Crippen LogP contribution in [0.25, 0.3) is 0 Å². The summed E-state index contributed by atoms with van der Waals surface area (Å²) in [5, 5.41) is -0.164. The highest BCUT2D eigenvalue weighted by atomic mass is 35.5. The van der Waals surface area contributed by atoms with Crippen molar-refractivity contribution in [3.63, 3.8) is 0 Å². The van der Waals surface area contributed by atoms with Crippen LogP contribution in [-0.4, -0.2) is 16.1 Å². The molecule has 0 heterocycles. The van der Waals surface area contributed by atoms with Gasteiger partial charge in [0.15, 0.2) is 0 Å².